The molecule has 0 radical (unpaired) electrons. The summed E-state index contributed by atoms with van der Waals surface area (Å²) >= 11 is 0. The number of hydrogen-bond acceptors (Lipinski definition) is 1. The molecule has 2 aliphatic carbocycles. The van der Waals surface area contributed by atoms with Crippen molar-refractivity contribution in [2.75, 3.05) is 11.9 Å². The van der Waals surface area contributed by atoms with Crippen LogP contribution in [0.15, 0.2) is 139 Å². The van der Waals surface area contributed by atoms with Gasteiger partial charge in [-0.25, -0.2) is 0 Å². The zero-order chi connectivity index (χ0) is 43.4. The number of allylic oxidation sites excluding steroid dienone is 4. The van der Waals surface area contributed by atoms with E-state index in [2.05, 4.69) is 194 Å². The van der Waals surface area contributed by atoms with Crippen LogP contribution in [0.3, 0.4) is 0 Å². The highest BCUT2D eigenvalue weighted by molar-refractivity contribution is 5.85. The summed E-state index contributed by atoms with van der Waals surface area (Å²) in [5.41, 5.74) is 24.6. The molecule has 0 amide bonds. The van der Waals surface area contributed by atoms with Gasteiger partial charge in [0.25, 0.3) is 0 Å². The van der Waals surface area contributed by atoms with Crippen LogP contribution in [0.5, 0.6) is 0 Å². The molecule has 0 heterocycles. The van der Waals surface area contributed by atoms with Crippen LogP contribution in [-0.4, -0.2) is 7.05 Å². The lowest BCUT2D eigenvalue weighted by molar-refractivity contribution is 0.401. The molecular weight excluding hydrogens is 747 g/mol. The van der Waals surface area contributed by atoms with Crippen molar-refractivity contribution in [1.82, 2.24) is 0 Å². The molecular formula is C61H69N. The number of benzene rings is 6. The third-order valence-corrected chi connectivity index (χ3v) is 14.5. The van der Waals surface area contributed by atoms with Crippen molar-refractivity contribution in [3.8, 4) is 33.4 Å². The second-order valence-corrected chi connectivity index (χ2v) is 18.9. The minimum absolute atomic E-state index is 0.0901. The SMILES string of the molecule is CCCCCCC1(CCCCCC)c2ccccc2-c2ccc(N(C)c3ccc(-c4ccc(C5=CC(C)=C(c6ccc(-c7ccc(C)cc7C)cc6)CC5C)cc4)c(C)c3)cc21. The lowest BCUT2D eigenvalue weighted by Crippen LogP contribution is -2.26. The van der Waals surface area contributed by atoms with Crippen LogP contribution in [0.25, 0.3) is 44.5 Å². The first-order valence-electron chi connectivity index (χ1n) is 23.9. The fourth-order valence-corrected chi connectivity index (χ4v) is 10.9. The fourth-order valence-electron chi connectivity index (χ4n) is 10.9. The summed E-state index contributed by atoms with van der Waals surface area (Å²) in [5.74, 6) is 0.441. The number of nitrogens with zero attached hydrogens (tertiary/aromatic N) is 1. The third-order valence-electron chi connectivity index (χ3n) is 14.5. The van der Waals surface area contributed by atoms with E-state index in [0.29, 0.717) is 5.92 Å². The molecule has 318 valence electrons. The first kappa shape index (κ1) is 43.3. The Hall–Kier alpha value is -5.40. The van der Waals surface area contributed by atoms with Crippen LogP contribution in [0.1, 0.15) is 137 Å². The molecule has 6 aromatic rings. The third kappa shape index (κ3) is 8.66. The van der Waals surface area contributed by atoms with Crippen molar-refractivity contribution in [3.63, 3.8) is 0 Å². The van der Waals surface area contributed by atoms with E-state index >= 15 is 0 Å². The van der Waals surface area contributed by atoms with Crippen LogP contribution >= 0.6 is 0 Å². The minimum Gasteiger partial charge on any atom is -0.345 e. The molecule has 0 N–H and O–H groups in total. The molecule has 2 aliphatic rings. The topological polar surface area (TPSA) is 3.24 Å². The Kier molecular flexibility index (Phi) is 13.2. The lowest BCUT2D eigenvalue weighted by Gasteiger charge is -2.33. The van der Waals surface area contributed by atoms with Crippen molar-refractivity contribution in [2.45, 2.75) is 125 Å². The highest BCUT2D eigenvalue weighted by Crippen LogP contribution is 2.55. The van der Waals surface area contributed by atoms with Crippen molar-refractivity contribution in [2.24, 2.45) is 5.92 Å². The highest BCUT2D eigenvalue weighted by Gasteiger charge is 2.42. The lowest BCUT2D eigenvalue weighted by atomic mass is 9.70. The van der Waals surface area contributed by atoms with Gasteiger partial charge >= 0.3 is 0 Å². The van der Waals surface area contributed by atoms with Gasteiger partial charge in [0, 0.05) is 23.8 Å². The van der Waals surface area contributed by atoms with Crippen molar-refractivity contribution in [1.29, 1.82) is 0 Å². The van der Waals surface area contributed by atoms with Gasteiger partial charge in [-0.3, -0.25) is 0 Å². The van der Waals surface area contributed by atoms with Crippen LogP contribution in [0, 0.1) is 26.7 Å². The molecule has 1 nitrogen and oxygen atoms in total. The Balaban J connectivity index is 1.01. The molecule has 6 aromatic carbocycles. The van der Waals surface area contributed by atoms with Crippen LogP contribution < -0.4 is 4.90 Å². The standard InChI is InChI=1S/C61H69N/c1-9-11-13-17-35-61(36-18-14-12-10-2)59-20-16-15-19-55(59)56-34-31-52(41-60(56)61)62(8)51-30-33-54(44(5)38-51)48-24-28-50(29-25-48)58-40-45(6)57(39-46(58)7)49-26-22-47(23-27-49)53-32-21-42(3)37-43(53)4/h15-16,19-34,37-38,40-41,46H,9-14,17-18,35-36,39H2,1-8H3. The van der Waals surface area contributed by atoms with Gasteiger partial charge in [-0.15, -0.1) is 0 Å². The van der Waals surface area contributed by atoms with E-state index in [4.69, 9.17) is 0 Å². The van der Waals surface area contributed by atoms with Gasteiger partial charge in [-0.05, 0) is 161 Å². The van der Waals surface area contributed by atoms with Gasteiger partial charge in [0.05, 0.1) is 0 Å². The average Bonchev–Trinajstić information content (AvgIpc) is 3.56. The van der Waals surface area contributed by atoms with E-state index < -0.39 is 0 Å². The van der Waals surface area contributed by atoms with E-state index in [9.17, 15) is 0 Å². The van der Waals surface area contributed by atoms with Gasteiger partial charge in [-0.1, -0.05) is 187 Å². The highest BCUT2D eigenvalue weighted by atomic mass is 15.1. The van der Waals surface area contributed by atoms with Crippen molar-refractivity contribution in [3.05, 3.63) is 178 Å². The quantitative estimate of drug-likeness (QED) is 0.0880. The maximum absolute atomic E-state index is 2.56. The first-order chi connectivity index (χ1) is 30.1. The molecule has 0 spiro atoms. The number of hydrogen-bond donors (Lipinski definition) is 0. The number of fused-ring (bicyclic) bond motifs is 3. The van der Waals surface area contributed by atoms with E-state index in [-0.39, 0.29) is 5.41 Å². The molecule has 0 bridgehead atoms. The molecule has 1 atom stereocenters. The van der Waals surface area contributed by atoms with E-state index in [1.165, 1.54) is 154 Å². The fraction of sp³-hybridized carbons (Fsp3) is 0.344. The predicted octanol–water partition coefficient (Wildman–Crippen LogP) is 17.8. The van der Waals surface area contributed by atoms with E-state index in [1.54, 1.807) is 11.1 Å². The van der Waals surface area contributed by atoms with Crippen LogP contribution in [0.2, 0.25) is 0 Å². The monoisotopic (exact) mass is 816 g/mol. The summed E-state index contributed by atoms with van der Waals surface area (Å²) in [6.45, 7) is 16.0. The molecule has 0 saturated carbocycles. The summed E-state index contributed by atoms with van der Waals surface area (Å²) in [6, 6.07) is 49.0. The van der Waals surface area contributed by atoms with Gasteiger partial charge in [0.15, 0.2) is 0 Å². The molecule has 8 rings (SSSR count). The zero-order valence-electron chi connectivity index (χ0n) is 39.0. The summed E-state index contributed by atoms with van der Waals surface area (Å²) in [4.78, 5) is 2.41. The Labute approximate surface area is 374 Å². The second-order valence-electron chi connectivity index (χ2n) is 18.9. The van der Waals surface area contributed by atoms with Crippen molar-refractivity contribution < 1.29 is 0 Å². The van der Waals surface area contributed by atoms with Crippen molar-refractivity contribution >= 4 is 22.5 Å². The van der Waals surface area contributed by atoms with Crippen LogP contribution in [-0.2, 0) is 5.41 Å². The largest absolute Gasteiger partial charge is 0.345 e. The Morgan fingerprint density at radius 2 is 1.05 bits per heavy atom. The smallest absolute Gasteiger partial charge is 0.0411 e. The van der Waals surface area contributed by atoms with Gasteiger partial charge < -0.3 is 4.90 Å². The summed E-state index contributed by atoms with van der Waals surface area (Å²) < 4.78 is 0. The summed E-state index contributed by atoms with van der Waals surface area (Å²) in [5, 5.41) is 0. The predicted molar refractivity (Wildman–Crippen MR) is 271 cm³/mol. The van der Waals surface area contributed by atoms with Gasteiger partial charge in [0.2, 0.25) is 0 Å². The molecule has 1 unspecified atom stereocenters. The Morgan fingerprint density at radius 1 is 0.516 bits per heavy atom. The normalized spacial score (nSPS) is 15.4. The Bertz CT molecular complexity index is 2570. The van der Waals surface area contributed by atoms with Gasteiger partial charge in [0.1, 0.15) is 0 Å². The molecule has 62 heavy (non-hydrogen) atoms. The zero-order valence-corrected chi connectivity index (χ0v) is 39.0. The number of aryl methyl sites for hydroxylation is 3. The molecule has 0 aliphatic heterocycles. The first-order valence-corrected chi connectivity index (χ1v) is 23.9. The molecule has 1 heteroatoms. The second kappa shape index (κ2) is 18.9. The number of unbranched alkanes of at least 4 members (excludes halogenated alkanes) is 6. The summed E-state index contributed by atoms with van der Waals surface area (Å²) in [7, 11) is 2.25. The minimum atomic E-state index is 0.0901. The Morgan fingerprint density at radius 3 is 1.66 bits per heavy atom. The van der Waals surface area contributed by atoms with E-state index in [1.807, 2.05) is 0 Å². The van der Waals surface area contributed by atoms with Crippen LogP contribution in [0.4, 0.5) is 11.4 Å². The van der Waals surface area contributed by atoms with Gasteiger partial charge in [-0.2, -0.15) is 0 Å². The molecule has 0 aromatic heterocycles. The summed E-state index contributed by atoms with van der Waals surface area (Å²) in [6.07, 6.45) is 16.4. The number of rotatable bonds is 16. The molecule has 0 fully saturated rings. The molecule has 0 saturated heterocycles. The maximum Gasteiger partial charge on any atom is 0.0411 e. The average molecular weight is 816 g/mol. The van der Waals surface area contributed by atoms with E-state index in [0.717, 1.165) is 6.42 Å². The maximum atomic E-state index is 2.56. The number of anilines is 2.